The number of ether oxygens (including phenoxy) is 2. The van der Waals surface area contributed by atoms with Gasteiger partial charge in [-0.1, -0.05) is 80.4 Å². The molecule has 37 heavy (non-hydrogen) atoms. The van der Waals surface area contributed by atoms with Crippen molar-refractivity contribution in [2.24, 2.45) is 34.5 Å². The van der Waals surface area contributed by atoms with Crippen molar-refractivity contribution in [2.75, 3.05) is 0 Å². The van der Waals surface area contributed by atoms with Crippen LogP contribution in [0.4, 0.5) is 0 Å². The summed E-state index contributed by atoms with van der Waals surface area (Å²) in [5.41, 5.74) is -0.548. The van der Waals surface area contributed by atoms with Gasteiger partial charge in [0.2, 0.25) is 0 Å². The lowest BCUT2D eigenvalue weighted by molar-refractivity contribution is -0.199. The molecular formula is C32H52O5. The largest absolute Gasteiger partial charge is 0.393 e. The van der Waals surface area contributed by atoms with E-state index in [2.05, 4.69) is 41.5 Å². The number of carbonyl (C=O) groups is 2. The van der Waals surface area contributed by atoms with Crippen molar-refractivity contribution in [2.45, 2.75) is 131 Å². The SMILES string of the molecule is CC.CC(C)C.CCCC1OC2CC3C4CCC5=CC(=O)C=CC5(C)C4C(O)CC3(C)C2(C(=O)CC)O1. The van der Waals surface area contributed by atoms with Crippen LogP contribution in [-0.2, 0) is 19.1 Å². The Labute approximate surface area is 225 Å². The highest BCUT2D eigenvalue weighted by atomic mass is 16.7. The second-order valence-electron chi connectivity index (χ2n) is 12.7. The number of carbonyl (C=O) groups excluding carboxylic acids is 2. The Balaban J connectivity index is 0.000000580. The van der Waals surface area contributed by atoms with Crippen LogP contribution < -0.4 is 0 Å². The third kappa shape index (κ3) is 4.82. The number of ketones is 2. The minimum absolute atomic E-state index is 0.0488. The molecule has 0 spiro atoms. The molecule has 1 heterocycles. The molecule has 1 aliphatic heterocycles. The number of hydrogen-bond acceptors (Lipinski definition) is 5. The van der Waals surface area contributed by atoms with Gasteiger partial charge < -0.3 is 14.6 Å². The molecule has 9 atom stereocenters. The third-order valence-corrected chi connectivity index (χ3v) is 9.55. The summed E-state index contributed by atoms with van der Waals surface area (Å²) in [5.74, 6) is 1.59. The van der Waals surface area contributed by atoms with E-state index in [1.807, 2.05) is 26.8 Å². The number of allylic oxidation sites excluding steroid dienone is 4. The molecule has 0 bridgehead atoms. The summed E-state index contributed by atoms with van der Waals surface area (Å²) in [4.78, 5) is 25.5. The minimum atomic E-state index is -0.951. The Kier molecular flexibility index (Phi) is 9.35. The number of fused-ring (bicyclic) bond motifs is 7. The second-order valence-corrected chi connectivity index (χ2v) is 12.7. The molecular weight excluding hydrogens is 464 g/mol. The molecule has 5 rings (SSSR count). The van der Waals surface area contributed by atoms with Crippen molar-refractivity contribution < 1.29 is 24.2 Å². The zero-order valence-corrected chi connectivity index (χ0v) is 24.8. The van der Waals surface area contributed by atoms with Crippen LogP contribution in [0.5, 0.6) is 0 Å². The molecule has 1 saturated heterocycles. The molecule has 9 unspecified atom stereocenters. The van der Waals surface area contributed by atoms with E-state index >= 15 is 0 Å². The first-order valence-electron chi connectivity index (χ1n) is 14.9. The van der Waals surface area contributed by atoms with Crippen LogP contribution in [-0.4, -0.2) is 40.8 Å². The van der Waals surface area contributed by atoms with Crippen molar-refractivity contribution in [3.05, 3.63) is 23.8 Å². The maximum absolute atomic E-state index is 13.5. The monoisotopic (exact) mass is 516 g/mol. The Morgan fingerprint density at radius 2 is 1.84 bits per heavy atom. The van der Waals surface area contributed by atoms with Crippen molar-refractivity contribution in [3.8, 4) is 0 Å². The minimum Gasteiger partial charge on any atom is -0.393 e. The van der Waals surface area contributed by atoms with Crippen molar-refractivity contribution in [3.63, 3.8) is 0 Å². The molecule has 4 fully saturated rings. The molecule has 0 aromatic carbocycles. The average Bonchev–Trinajstić information content (AvgIpc) is 3.32. The first kappa shape index (κ1) is 30.2. The van der Waals surface area contributed by atoms with E-state index in [-0.39, 0.29) is 47.1 Å². The molecule has 0 radical (unpaired) electrons. The molecule has 0 aromatic heterocycles. The van der Waals surface area contributed by atoms with Crippen LogP contribution in [0.15, 0.2) is 23.8 Å². The Morgan fingerprint density at radius 3 is 2.43 bits per heavy atom. The zero-order valence-electron chi connectivity index (χ0n) is 24.8. The topological polar surface area (TPSA) is 72.8 Å². The molecule has 5 heteroatoms. The lowest BCUT2D eigenvalue weighted by Gasteiger charge is -2.59. The quantitative estimate of drug-likeness (QED) is 0.444. The standard InChI is InChI=1S/C26H36O5.C4H10.C2H6/c1-5-7-22-30-21-13-18-17-9-8-15-12-16(27)10-11-24(15,3)23(17)19(28)14-25(18,4)26(21,31-22)20(29)6-2;1-4(2)3;1-2/h10-12,17-19,21-23,28H,5-9,13-14H2,1-4H3;4H,1-3H3;1-2H3. The number of Topliss-reactive ketones (excluding diaryl/α,β-unsaturated/α-hetero) is 1. The first-order valence-corrected chi connectivity index (χ1v) is 14.9. The Morgan fingerprint density at radius 1 is 1.19 bits per heavy atom. The van der Waals surface area contributed by atoms with Crippen LogP contribution in [0.25, 0.3) is 0 Å². The van der Waals surface area contributed by atoms with Gasteiger partial charge in [-0.25, -0.2) is 0 Å². The smallest absolute Gasteiger partial charge is 0.178 e. The van der Waals surface area contributed by atoms with Crippen LogP contribution in [0, 0.1) is 34.5 Å². The zero-order chi connectivity index (χ0) is 27.8. The van der Waals surface area contributed by atoms with Crippen LogP contribution in [0.3, 0.4) is 0 Å². The highest BCUT2D eigenvalue weighted by Gasteiger charge is 2.75. The molecule has 5 nitrogen and oxygen atoms in total. The number of hydrogen-bond donors (Lipinski definition) is 1. The van der Waals surface area contributed by atoms with Gasteiger partial charge in [0.1, 0.15) is 0 Å². The number of rotatable bonds is 4. The Hall–Kier alpha value is -1.30. The summed E-state index contributed by atoms with van der Waals surface area (Å²) < 4.78 is 12.9. The lowest BCUT2D eigenvalue weighted by Crippen LogP contribution is -2.63. The first-order chi connectivity index (χ1) is 17.4. The fraction of sp³-hybridized carbons (Fsp3) is 0.812. The normalized spacial score (nSPS) is 43.3. The number of aliphatic hydroxyl groups excluding tert-OH is 1. The van der Waals surface area contributed by atoms with Crippen LogP contribution in [0.2, 0.25) is 0 Å². The highest BCUT2D eigenvalue weighted by molar-refractivity contribution is 6.01. The van der Waals surface area contributed by atoms with Gasteiger partial charge in [-0.15, -0.1) is 0 Å². The van der Waals surface area contributed by atoms with Gasteiger partial charge in [0, 0.05) is 23.2 Å². The summed E-state index contributed by atoms with van der Waals surface area (Å²) in [6, 6.07) is 0. The van der Waals surface area contributed by atoms with E-state index in [0.717, 1.165) is 43.6 Å². The molecule has 210 valence electrons. The molecule has 3 saturated carbocycles. The molecule has 4 aliphatic carbocycles. The average molecular weight is 517 g/mol. The van der Waals surface area contributed by atoms with Crippen molar-refractivity contribution in [1.82, 2.24) is 0 Å². The van der Waals surface area contributed by atoms with Crippen molar-refractivity contribution >= 4 is 11.6 Å². The van der Waals surface area contributed by atoms with E-state index in [9.17, 15) is 14.7 Å². The van der Waals surface area contributed by atoms with E-state index in [0.29, 0.717) is 12.8 Å². The fourth-order valence-electron chi connectivity index (χ4n) is 8.27. The lowest BCUT2D eigenvalue weighted by atomic mass is 9.46. The van der Waals surface area contributed by atoms with Crippen molar-refractivity contribution in [1.29, 1.82) is 0 Å². The molecule has 0 aromatic rings. The molecule has 0 amide bonds. The second kappa shape index (κ2) is 11.4. The summed E-state index contributed by atoms with van der Waals surface area (Å²) in [7, 11) is 0. The van der Waals surface area contributed by atoms with Gasteiger partial charge in [0.15, 0.2) is 23.5 Å². The van der Waals surface area contributed by atoms with Gasteiger partial charge >= 0.3 is 0 Å². The van der Waals surface area contributed by atoms with Crippen LogP contribution >= 0.6 is 0 Å². The maximum Gasteiger partial charge on any atom is 0.178 e. The van der Waals surface area contributed by atoms with Gasteiger partial charge in [0.05, 0.1) is 12.2 Å². The highest BCUT2D eigenvalue weighted by Crippen LogP contribution is 2.69. The molecule has 1 N–H and O–H groups in total. The van der Waals surface area contributed by atoms with Gasteiger partial charge in [-0.3, -0.25) is 9.59 Å². The van der Waals surface area contributed by atoms with E-state index < -0.39 is 17.1 Å². The third-order valence-electron chi connectivity index (χ3n) is 9.55. The predicted molar refractivity (Wildman–Crippen MR) is 148 cm³/mol. The summed E-state index contributed by atoms with van der Waals surface area (Å²) in [6.07, 6.45) is 9.67. The summed E-state index contributed by atoms with van der Waals surface area (Å²) >= 11 is 0. The maximum atomic E-state index is 13.5. The predicted octanol–water partition coefficient (Wildman–Crippen LogP) is 6.82. The fourth-order valence-corrected chi connectivity index (χ4v) is 8.27. The summed E-state index contributed by atoms with van der Waals surface area (Å²) in [6.45, 7) is 18.9. The van der Waals surface area contributed by atoms with E-state index in [4.69, 9.17) is 9.47 Å². The van der Waals surface area contributed by atoms with Crippen LogP contribution in [0.1, 0.15) is 107 Å². The summed E-state index contributed by atoms with van der Waals surface area (Å²) in [5, 5.41) is 11.6. The van der Waals surface area contributed by atoms with Gasteiger partial charge in [-0.2, -0.15) is 0 Å². The van der Waals surface area contributed by atoms with Gasteiger partial charge in [-0.05, 0) is 62.0 Å². The van der Waals surface area contributed by atoms with E-state index in [1.54, 1.807) is 12.2 Å². The van der Waals surface area contributed by atoms with E-state index in [1.165, 1.54) is 0 Å². The molecule has 5 aliphatic rings. The van der Waals surface area contributed by atoms with Gasteiger partial charge in [0.25, 0.3) is 0 Å². The number of aliphatic hydroxyl groups is 1. The Bertz CT molecular complexity index is 902.